The van der Waals surface area contributed by atoms with Crippen LogP contribution in [-0.2, 0) is 6.42 Å². The number of amides is 1. The molecule has 2 heterocycles. The number of nitrogens with one attached hydrogen (secondary N) is 1. The molecule has 0 spiro atoms. The Hall–Kier alpha value is -3.54. The number of carbonyl (C=O) groups is 1. The predicted octanol–water partition coefficient (Wildman–Crippen LogP) is 4.99. The van der Waals surface area contributed by atoms with E-state index in [4.69, 9.17) is 0 Å². The van der Waals surface area contributed by atoms with Gasteiger partial charge in [0.25, 0.3) is 5.91 Å². The van der Waals surface area contributed by atoms with E-state index in [2.05, 4.69) is 22.3 Å². The molecule has 1 N–H and O–H groups in total. The van der Waals surface area contributed by atoms with Crippen molar-refractivity contribution >= 4 is 22.6 Å². The number of halogens is 1. The lowest BCUT2D eigenvalue weighted by atomic mass is 10.1. The minimum atomic E-state index is -0.319. The highest BCUT2D eigenvalue weighted by molar-refractivity contribution is 6.12. The summed E-state index contributed by atoms with van der Waals surface area (Å²) in [6, 6.07) is 15.6. The average Bonchev–Trinajstić information content (AvgIpc) is 3.04. The van der Waals surface area contributed by atoms with Crippen molar-refractivity contribution in [2.75, 3.05) is 5.32 Å². The lowest BCUT2D eigenvalue weighted by Crippen LogP contribution is -2.13. The van der Waals surface area contributed by atoms with Crippen molar-refractivity contribution in [3.8, 4) is 5.69 Å². The average molecular weight is 388 g/mol. The molecule has 29 heavy (non-hydrogen) atoms. The molecule has 4 aromatic rings. The monoisotopic (exact) mass is 388 g/mol. The number of aryl methyl sites for hydroxylation is 3. The Kier molecular flexibility index (Phi) is 4.84. The molecular weight excluding hydrogens is 367 g/mol. The summed E-state index contributed by atoms with van der Waals surface area (Å²) in [5.41, 5.74) is 5.10. The Balaban J connectivity index is 1.78. The van der Waals surface area contributed by atoms with Crippen molar-refractivity contribution < 1.29 is 9.18 Å². The van der Waals surface area contributed by atoms with E-state index < -0.39 is 0 Å². The molecule has 4 rings (SSSR count). The van der Waals surface area contributed by atoms with Gasteiger partial charge in [0, 0.05) is 11.4 Å². The van der Waals surface area contributed by atoms with Crippen LogP contribution < -0.4 is 5.32 Å². The van der Waals surface area contributed by atoms with Crippen molar-refractivity contribution in [3.05, 3.63) is 82.9 Å². The Morgan fingerprint density at radius 1 is 1.07 bits per heavy atom. The maximum atomic E-state index is 13.3. The van der Waals surface area contributed by atoms with Crippen LogP contribution in [0.15, 0.2) is 54.6 Å². The van der Waals surface area contributed by atoms with Gasteiger partial charge in [-0.15, -0.1) is 0 Å². The molecule has 0 fully saturated rings. The second kappa shape index (κ2) is 7.47. The van der Waals surface area contributed by atoms with Crippen LogP contribution in [0.25, 0.3) is 16.7 Å². The molecule has 5 nitrogen and oxygen atoms in total. The molecule has 0 aliphatic carbocycles. The number of hydrogen-bond donors (Lipinski definition) is 1. The highest BCUT2D eigenvalue weighted by Gasteiger charge is 2.19. The molecule has 146 valence electrons. The molecule has 0 saturated carbocycles. The Labute approximate surface area is 168 Å². The van der Waals surface area contributed by atoms with E-state index in [0.717, 1.165) is 12.1 Å². The van der Waals surface area contributed by atoms with Crippen LogP contribution in [0, 0.1) is 19.7 Å². The maximum absolute atomic E-state index is 13.3. The molecule has 0 atom stereocenters. The summed E-state index contributed by atoms with van der Waals surface area (Å²) in [6.45, 7) is 5.77. The predicted molar refractivity (Wildman–Crippen MR) is 112 cm³/mol. The molecule has 0 aliphatic rings. The zero-order chi connectivity index (χ0) is 20.5. The van der Waals surface area contributed by atoms with Gasteiger partial charge in [-0.25, -0.2) is 14.1 Å². The van der Waals surface area contributed by atoms with Gasteiger partial charge in [-0.05, 0) is 68.3 Å². The van der Waals surface area contributed by atoms with Gasteiger partial charge in [0.2, 0.25) is 0 Å². The summed E-state index contributed by atoms with van der Waals surface area (Å²) >= 11 is 0. The van der Waals surface area contributed by atoms with Crippen molar-refractivity contribution in [2.24, 2.45) is 0 Å². The van der Waals surface area contributed by atoms with E-state index in [9.17, 15) is 9.18 Å². The SMILES string of the molecule is CCc1ccc(NC(=O)c2cc(C)nc3c2c(C)nn3-c2ccc(F)cc2)cc1. The van der Waals surface area contributed by atoms with E-state index in [0.29, 0.717) is 33.7 Å². The van der Waals surface area contributed by atoms with Crippen molar-refractivity contribution in [1.29, 1.82) is 0 Å². The van der Waals surface area contributed by atoms with Gasteiger partial charge in [-0.3, -0.25) is 4.79 Å². The Morgan fingerprint density at radius 3 is 2.41 bits per heavy atom. The first-order valence-electron chi connectivity index (χ1n) is 9.49. The first kappa shape index (κ1) is 18.8. The number of aromatic nitrogens is 3. The summed E-state index contributed by atoms with van der Waals surface area (Å²) in [6.07, 6.45) is 0.945. The quantitative estimate of drug-likeness (QED) is 0.536. The molecule has 0 bridgehead atoms. The molecule has 0 aliphatic heterocycles. The molecule has 0 saturated heterocycles. The van der Waals surface area contributed by atoms with E-state index in [1.165, 1.54) is 17.7 Å². The third-order valence-electron chi connectivity index (χ3n) is 4.88. The highest BCUT2D eigenvalue weighted by atomic mass is 19.1. The fourth-order valence-corrected chi connectivity index (χ4v) is 3.38. The van der Waals surface area contributed by atoms with Gasteiger partial charge in [-0.1, -0.05) is 19.1 Å². The molecule has 6 heteroatoms. The van der Waals surface area contributed by atoms with Gasteiger partial charge in [0.05, 0.1) is 22.3 Å². The molecular formula is C23H21FN4O. The third kappa shape index (κ3) is 3.61. The van der Waals surface area contributed by atoms with E-state index in [-0.39, 0.29) is 11.7 Å². The van der Waals surface area contributed by atoms with Crippen molar-refractivity contribution in [1.82, 2.24) is 14.8 Å². The van der Waals surface area contributed by atoms with Crippen LogP contribution in [0.3, 0.4) is 0 Å². The lowest BCUT2D eigenvalue weighted by Gasteiger charge is -2.09. The summed E-state index contributed by atoms with van der Waals surface area (Å²) in [4.78, 5) is 17.6. The number of hydrogen-bond acceptors (Lipinski definition) is 3. The van der Waals surface area contributed by atoms with Gasteiger partial charge >= 0.3 is 0 Å². The van der Waals surface area contributed by atoms with Gasteiger partial charge in [0.15, 0.2) is 5.65 Å². The van der Waals surface area contributed by atoms with Crippen LogP contribution in [0.5, 0.6) is 0 Å². The third-order valence-corrected chi connectivity index (χ3v) is 4.88. The highest BCUT2D eigenvalue weighted by Crippen LogP contribution is 2.26. The number of pyridine rings is 1. The van der Waals surface area contributed by atoms with Crippen LogP contribution in [0.1, 0.15) is 34.2 Å². The Bertz CT molecular complexity index is 1190. The van der Waals surface area contributed by atoms with E-state index >= 15 is 0 Å². The topological polar surface area (TPSA) is 59.8 Å². The van der Waals surface area contributed by atoms with Crippen LogP contribution >= 0.6 is 0 Å². The minimum absolute atomic E-state index is 0.216. The number of nitrogens with zero attached hydrogens (tertiary/aromatic N) is 3. The molecule has 2 aromatic heterocycles. The number of anilines is 1. The van der Waals surface area contributed by atoms with E-state index in [1.807, 2.05) is 38.1 Å². The Morgan fingerprint density at radius 2 is 1.76 bits per heavy atom. The number of fused-ring (bicyclic) bond motifs is 1. The van der Waals surface area contributed by atoms with Crippen LogP contribution in [0.2, 0.25) is 0 Å². The number of benzene rings is 2. The summed E-state index contributed by atoms with van der Waals surface area (Å²) in [5, 5.41) is 8.20. The van der Waals surface area contributed by atoms with Crippen molar-refractivity contribution in [2.45, 2.75) is 27.2 Å². The zero-order valence-corrected chi connectivity index (χ0v) is 16.5. The number of carbonyl (C=O) groups excluding carboxylic acids is 1. The second-order valence-corrected chi connectivity index (χ2v) is 6.99. The molecule has 0 radical (unpaired) electrons. The van der Waals surface area contributed by atoms with Crippen molar-refractivity contribution in [3.63, 3.8) is 0 Å². The standard InChI is InChI=1S/C23H21FN4O/c1-4-16-5-9-18(10-6-16)26-23(29)20-13-14(2)25-22-21(20)15(3)27-28(22)19-11-7-17(24)8-12-19/h5-13H,4H2,1-3H3,(H,26,29). The smallest absolute Gasteiger partial charge is 0.256 e. The minimum Gasteiger partial charge on any atom is -0.322 e. The fraction of sp³-hybridized carbons (Fsp3) is 0.174. The zero-order valence-electron chi connectivity index (χ0n) is 16.5. The summed E-state index contributed by atoms with van der Waals surface area (Å²) in [7, 11) is 0. The normalized spacial score (nSPS) is 11.0. The molecule has 2 aromatic carbocycles. The number of rotatable bonds is 4. The first-order chi connectivity index (χ1) is 14.0. The summed E-state index contributed by atoms with van der Waals surface area (Å²) < 4.78 is 15.0. The molecule has 1 amide bonds. The van der Waals surface area contributed by atoms with Crippen LogP contribution in [-0.4, -0.2) is 20.7 Å². The van der Waals surface area contributed by atoms with Crippen LogP contribution in [0.4, 0.5) is 10.1 Å². The fourth-order valence-electron chi connectivity index (χ4n) is 3.38. The largest absolute Gasteiger partial charge is 0.322 e. The maximum Gasteiger partial charge on any atom is 0.256 e. The van der Waals surface area contributed by atoms with Gasteiger partial charge in [-0.2, -0.15) is 5.10 Å². The van der Waals surface area contributed by atoms with Gasteiger partial charge < -0.3 is 5.32 Å². The van der Waals surface area contributed by atoms with Gasteiger partial charge in [0.1, 0.15) is 5.82 Å². The first-order valence-corrected chi connectivity index (χ1v) is 9.49. The van der Waals surface area contributed by atoms with E-state index in [1.54, 1.807) is 22.9 Å². The lowest BCUT2D eigenvalue weighted by molar-refractivity contribution is 0.102. The second-order valence-electron chi connectivity index (χ2n) is 6.99. The summed E-state index contributed by atoms with van der Waals surface area (Å²) in [5.74, 6) is -0.535. The molecule has 0 unspecified atom stereocenters.